The lowest BCUT2D eigenvalue weighted by atomic mass is 10.1. The van der Waals surface area contributed by atoms with Gasteiger partial charge in [-0.25, -0.2) is 23.5 Å². The van der Waals surface area contributed by atoms with Gasteiger partial charge in [0.15, 0.2) is 0 Å². The molecule has 6 rings (SSSR count). The SMILES string of the molecule is O=C(O)c1ccc2nc(Cc3ccc(-c4cccc(OCc5ccc(Cl)c(F)c5)n4)c(F)c3)n(CC3CCCO3)c2c1. The van der Waals surface area contributed by atoms with Crippen LogP contribution < -0.4 is 4.74 Å². The Kier molecular flexibility index (Phi) is 7.86. The zero-order valence-corrected chi connectivity index (χ0v) is 23.2. The van der Waals surface area contributed by atoms with E-state index in [4.69, 9.17) is 26.1 Å². The number of aromatic nitrogens is 3. The first kappa shape index (κ1) is 27.8. The van der Waals surface area contributed by atoms with Gasteiger partial charge in [0, 0.05) is 24.7 Å². The van der Waals surface area contributed by atoms with Crippen molar-refractivity contribution in [1.29, 1.82) is 0 Å². The van der Waals surface area contributed by atoms with E-state index in [0.717, 1.165) is 12.8 Å². The van der Waals surface area contributed by atoms with Gasteiger partial charge in [0.25, 0.3) is 0 Å². The molecule has 3 heterocycles. The Bertz CT molecular complexity index is 1790. The van der Waals surface area contributed by atoms with Crippen molar-refractivity contribution in [3.63, 3.8) is 0 Å². The number of aromatic carboxylic acids is 1. The van der Waals surface area contributed by atoms with Crippen molar-refractivity contribution in [3.8, 4) is 17.1 Å². The number of carboxylic acids is 1. The molecule has 1 fully saturated rings. The second-order valence-corrected chi connectivity index (χ2v) is 10.6. The maximum absolute atomic E-state index is 15.4. The van der Waals surface area contributed by atoms with Crippen molar-refractivity contribution in [2.75, 3.05) is 6.61 Å². The van der Waals surface area contributed by atoms with Gasteiger partial charge in [-0.05, 0) is 72.5 Å². The molecule has 2 aromatic heterocycles. The van der Waals surface area contributed by atoms with E-state index in [1.165, 1.54) is 24.3 Å². The van der Waals surface area contributed by atoms with Crippen LogP contribution in [0.5, 0.6) is 5.88 Å². The summed E-state index contributed by atoms with van der Waals surface area (Å²) in [4.78, 5) is 20.8. The highest BCUT2D eigenvalue weighted by molar-refractivity contribution is 6.30. The Labute approximate surface area is 245 Å². The van der Waals surface area contributed by atoms with Crippen LogP contribution in [0.1, 0.15) is 40.2 Å². The van der Waals surface area contributed by atoms with E-state index in [1.54, 1.807) is 42.5 Å². The van der Waals surface area contributed by atoms with Crippen LogP contribution in [0.15, 0.2) is 72.8 Å². The van der Waals surface area contributed by atoms with Crippen molar-refractivity contribution < 1.29 is 28.2 Å². The number of hydrogen-bond acceptors (Lipinski definition) is 5. The molecule has 0 saturated carbocycles. The molecule has 1 N–H and O–H groups in total. The minimum absolute atomic E-state index is 0.00744. The van der Waals surface area contributed by atoms with Gasteiger partial charge in [0.05, 0.1) is 40.0 Å². The molecule has 0 aliphatic carbocycles. The molecular formula is C32H26ClF2N3O4. The van der Waals surface area contributed by atoms with E-state index in [1.807, 2.05) is 10.6 Å². The average Bonchev–Trinajstić information content (AvgIpc) is 3.62. The minimum Gasteiger partial charge on any atom is -0.478 e. The third kappa shape index (κ3) is 5.98. The fourth-order valence-corrected chi connectivity index (χ4v) is 5.24. The van der Waals surface area contributed by atoms with E-state index in [9.17, 15) is 14.3 Å². The van der Waals surface area contributed by atoms with Crippen LogP contribution in [0.25, 0.3) is 22.3 Å². The van der Waals surface area contributed by atoms with Crippen molar-refractivity contribution >= 4 is 28.6 Å². The maximum atomic E-state index is 15.4. The number of fused-ring (bicyclic) bond motifs is 1. The predicted octanol–water partition coefficient (Wildman–Crippen LogP) is 7.08. The third-order valence-electron chi connectivity index (χ3n) is 7.25. The number of carboxylic acid groups (broad SMARTS) is 1. The summed E-state index contributed by atoms with van der Waals surface area (Å²) in [5.74, 6) is -1.03. The van der Waals surface area contributed by atoms with Crippen LogP contribution in [0.2, 0.25) is 5.02 Å². The summed E-state index contributed by atoms with van der Waals surface area (Å²) < 4.78 is 42.7. The predicted molar refractivity (Wildman–Crippen MR) is 154 cm³/mol. The minimum atomic E-state index is -1.01. The summed E-state index contributed by atoms with van der Waals surface area (Å²) >= 11 is 5.74. The Morgan fingerprint density at radius 2 is 1.86 bits per heavy atom. The molecule has 1 atom stereocenters. The molecule has 0 bridgehead atoms. The molecule has 7 nitrogen and oxygen atoms in total. The quantitative estimate of drug-likeness (QED) is 0.198. The highest BCUT2D eigenvalue weighted by atomic mass is 35.5. The van der Waals surface area contributed by atoms with Gasteiger partial charge in [-0.2, -0.15) is 0 Å². The average molecular weight is 590 g/mol. The molecular weight excluding hydrogens is 564 g/mol. The molecule has 3 aromatic carbocycles. The summed E-state index contributed by atoms with van der Waals surface area (Å²) in [7, 11) is 0. The van der Waals surface area contributed by atoms with Crippen molar-refractivity contribution in [2.24, 2.45) is 0 Å². The van der Waals surface area contributed by atoms with Gasteiger partial charge in [-0.1, -0.05) is 29.8 Å². The molecule has 10 heteroatoms. The monoisotopic (exact) mass is 589 g/mol. The molecule has 5 aromatic rings. The number of benzene rings is 3. The number of ether oxygens (including phenoxy) is 2. The topological polar surface area (TPSA) is 86.5 Å². The van der Waals surface area contributed by atoms with E-state index in [2.05, 4.69) is 4.98 Å². The third-order valence-corrected chi connectivity index (χ3v) is 7.56. The number of hydrogen-bond donors (Lipinski definition) is 1. The smallest absolute Gasteiger partial charge is 0.335 e. The van der Waals surface area contributed by atoms with E-state index in [-0.39, 0.29) is 29.2 Å². The molecule has 42 heavy (non-hydrogen) atoms. The largest absolute Gasteiger partial charge is 0.478 e. The van der Waals surface area contributed by atoms with Gasteiger partial charge in [-0.15, -0.1) is 0 Å². The van der Waals surface area contributed by atoms with Crippen molar-refractivity contribution in [2.45, 2.75) is 38.5 Å². The van der Waals surface area contributed by atoms with Gasteiger partial charge in [0.1, 0.15) is 24.1 Å². The fourth-order valence-electron chi connectivity index (χ4n) is 5.13. The second kappa shape index (κ2) is 11.9. The fraction of sp³-hybridized carbons (Fsp3) is 0.219. The Balaban J connectivity index is 1.24. The zero-order chi connectivity index (χ0) is 29.2. The van der Waals surface area contributed by atoms with Gasteiger partial charge < -0.3 is 19.1 Å². The highest BCUT2D eigenvalue weighted by Crippen LogP contribution is 2.27. The molecule has 1 unspecified atom stereocenters. The second-order valence-electron chi connectivity index (χ2n) is 10.2. The number of halogens is 3. The standard InChI is InChI=1S/C32H26ClF2N3O4/c33-24-10-7-20(14-26(24)35)18-42-31-5-1-4-27(37-31)23-9-6-19(13-25(23)34)15-30-36-28-11-8-21(32(39)40)16-29(28)38(30)17-22-3-2-12-41-22/h1,4-11,13-14,16,22H,2-3,12,15,17-18H2,(H,39,40). The van der Waals surface area contributed by atoms with Gasteiger partial charge in [0.2, 0.25) is 5.88 Å². The van der Waals surface area contributed by atoms with E-state index in [0.29, 0.717) is 58.8 Å². The summed E-state index contributed by atoms with van der Waals surface area (Å²) in [5, 5.41) is 9.54. The van der Waals surface area contributed by atoms with Crippen LogP contribution in [-0.4, -0.2) is 38.3 Å². The molecule has 0 spiro atoms. The summed E-state index contributed by atoms with van der Waals surface area (Å²) in [5.41, 5.74) is 3.55. The van der Waals surface area contributed by atoms with Crippen LogP contribution in [-0.2, 0) is 24.3 Å². The maximum Gasteiger partial charge on any atom is 0.335 e. The normalized spacial score (nSPS) is 14.9. The molecule has 214 valence electrons. The number of rotatable bonds is 9. The first-order valence-electron chi connectivity index (χ1n) is 13.5. The van der Waals surface area contributed by atoms with E-state index >= 15 is 4.39 Å². The number of imidazole rings is 1. The first-order valence-corrected chi connectivity index (χ1v) is 13.9. The molecule has 1 saturated heterocycles. The van der Waals surface area contributed by atoms with Crippen LogP contribution in [0.3, 0.4) is 0 Å². The number of carbonyl (C=O) groups is 1. The summed E-state index contributed by atoms with van der Waals surface area (Å²) in [6.07, 6.45) is 2.23. The van der Waals surface area contributed by atoms with Crippen LogP contribution >= 0.6 is 11.6 Å². The highest BCUT2D eigenvalue weighted by Gasteiger charge is 2.21. The number of nitrogens with zero attached hydrogens (tertiary/aromatic N) is 3. The van der Waals surface area contributed by atoms with Crippen molar-refractivity contribution in [1.82, 2.24) is 14.5 Å². The lowest BCUT2D eigenvalue weighted by Gasteiger charge is -2.15. The summed E-state index contributed by atoms with van der Waals surface area (Å²) in [6.45, 7) is 1.31. The molecule has 1 aliphatic heterocycles. The van der Waals surface area contributed by atoms with Crippen molar-refractivity contribution in [3.05, 3.63) is 112 Å². The Morgan fingerprint density at radius 1 is 1.02 bits per heavy atom. The Morgan fingerprint density at radius 3 is 2.62 bits per heavy atom. The first-order chi connectivity index (χ1) is 20.3. The number of pyridine rings is 1. The molecule has 1 aliphatic rings. The van der Waals surface area contributed by atoms with Gasteiger partial charge >= 0.3 is 5.97 Å². The van der Waals surface area contributed by atoms with E-state index < -0.39 is 17.6 Å². The van der Waals surface area contributed by atoms with Gasteiger partial charge in [-0.3, -0.25) is 0 Å². The lowest BCUT2D eigenvalue weighted by molar-refractivity contribution is 0.0697. The summed E-state index contributed by atoms with van der Waals surface area (Å²) in [6, 6.07) is 19.3. The van der Waals surface area contributed by atoms with Crippen LogP contribution in [0.4, 0.5) is 8.78 Å². The zero-order valence-electron chi connectivity index (χ0n) is 22.4. The molecule has 0 radical (unpaired) electrons. The molecule has 0 amide bonds. The van der Waals surface area contributed by atoms with Crippen LogP contribution in [0, 0.1) is 11.6 Å². The lowest BCUT2D eigenvalue weighted by Crippen LogP contribution is -2.17. The Hall–Kier alpha value is -4.34.